The van der Waals surface area contributed by atoms with Gasteiger partial charge < -0.3 is 5.11 Å². The summed E-state index contributed by atoms with van der Waals surface area (Å²) in [6.07, 6.45) is 13.7. The van der Waals surface area contributed by atoms with E-state index < -0.39 is 0 Å². The summed E-state index contributed by atoms with van der Waals surface area (Å²) in [6, 6.07) is 0. The summed E-state index contributed by atoms with van der Waals surface area (Å²) in [5.74, 6) is 0. The van der Waals surface area contributed by atoms with Crippen molar-refractivity contribution in [3.8, 4) is 0 Å². The number of hydrogen-bond acceptors (Lipinski definition) is 2. The lowest BCUT2D eigenvalue weighted by Gasteiger charge is -2.40. The number of quaternary nitrogens is 1. The predicted octanol–water partition coefficient (Wildman–Crippen LogP) is 3.49. The highest BCUT2D eigenvalue weighted by molar-refractivity contribution is 5.60. The standard InChI is InChI=1S/C16H31N2O/c1-4-6-7-8-9-10-11-12-16-17-13-14-18(16,5-2)15(3)19/h7-8,13,15-16,19H,4-6,9-12,14H2,1-3H3/q+1/b8-7+. The lowest BCUT2D eigenvalue weighted by atomic mass is 10.1. The Kier molecular flexibility index (Phi) is 7.32. The van der Waals surface area contributed by atoms with Gasteiger partial charge in [-0.2, -0.15) is 0 Å². The molecule has 0 saturated heterocycles. The van der Waals surface area contributed by atoms with Crippen LogP contribution in [0.3, 0.4) is 0 Å². The monoisotopic (exact) mass is 267 g/mol. The number of aliphatic hydroxyl groups excluding tert-OH is 1. The van der Waals surface area contributed by atoms with Crippen LogP contribution in [0.25, 0.3) is 0 Å². The van der Waals surface area contributed by atoms with Crippen molar-refractivity contribution in [2.45, 2.75) is 71.7 Å². The Balaban J connectivity index is 2.30. The summed E-state index contributed by atoms with van der Waals surface area (Å²) in [5, 5.41) is 10.1. The van der Waals surface area contributed by atoms with E-state index in [-0.39, 0.29) is 12.4 Å². The Morgan fingerprint density at radius 1 is 1.32 bits per heavy atom. The maximum Gasteiger partial charge on any atom is 0.189 e. The highest BCUT2D eigenvalue weighted by Gasteiger charge is 2.41. The molecule has 1 aliphatic heterocycles. The van der Waals surface area contributed by atoms with Crippen LogP contribution in [0.5, 0.6) is 0 Å². The number of aliphatic hydroxyl groups is 1. The van der Waals surface area contributed by atoms with Crippen LogP contribution >= 0.6 is 0 Å². The van der Waals surface area contributed by atoms with E-state index in [1.54, 1.807) is 0 Å². The van der Waals surface area contributed by atoms with Crippen LogP contribution in [0.2, 0.25) is 0 Å². The lowest BCUT2D eigenvalue weighted by molar-refractivity contribution is -0.976. The molecule has 1 heterocycles. The first-order valence-electron chi connectivity index (χ1n) is 7.88. The molecule has 0 aliphatic carbocycles. The van der Waals surface area contributed by atoms with Crippen molar-refractivity contribution in [1.82, 2.24) is 0 Å². The fourth-order valence-electron chi connectivity index (χ4n) is 2.90. The van der Waals surface area contributed by atoms with E-state index in [0.717, 1.165) is 24.0 Å². The van der Waals surface area contributed by atoms with Gasteiger partial charge in [0.05, 0.1) is 12.8 Å². The van der Waals surface area contributed by atoms with E-state index >= 15 is 0 Å². The Hall–Kier alpha value is -0.670. The number of rotatable bonds is 9. The molecule has 0 saturated carbocycles. The van der Waals surface area contributed by atoms with E-state index in [2.05, 4.69) is 31.0 Å². The minimum Gasteiger partial charge on any atom is -0.345 e. The molecule has 0 bridgehead atoms. The van der Waals surface area contributed by atoms with Crippen molar-refractivity contribution in [2.24, 2.45) is 4.99 Å². The summed E-state index contributed by atoms with van der Waals surface area (Å²) in [5.41, 5.74) is 0. The van der Waals surface area contributed by atoms with Gasteiger partial charge in [0.25, 0.3) is 0 Å². The molecule has 3 atom stereocenters. The SMILES string of the molecule is CCC/C=C/CCCCC1N=CC[N+]1(CC)C(C)O. The van der Waals surface area contributed by atoms with Gasteiger partial charge in [0.15, 0.2) is 12.4 Å². The second-order valence-corrected chi connectivity index (χ2v) is 5.59. The molecular weight excluding hydrogens is 236 g/mol. The average molecular weight is 267 g/mol. The van der Waals surface area contributed by atoms with Crippen molar-refractivity contribution in [2.75, 3.05) is 13.1 Å². The second kappa shape index (κ2) is 8.49. The number of allylic oxidation sites excluding steroid dienone is 2. The number of nitrogens with zero attached hydrogens (tertiary/aromatic N) is 2. The molecule has 0 aromatic heterocycles. The van der Waals surface area contributed by atoms with Gasteiger partial charge in [-0.15, -0.1) is 0 Å². The topological polar surface area (TPSA) is 32.6 Å². The molecule has 0 radical (unpaired) electrons. The molecule has 3 unspecified atom stereocenters. The predicted molar refractivity (Wildman–Crippen MR) is 82.1 cm³/mol. The van der Waals surface area contributed by atoms with Crippen LogP contribution in [0.1, 0.15) is 59.3 Å². The van der Waals surface area contributed by atoms with Crippen molar-refractivity contribution < 1.29 is 9.59 Å². The maximum absolute atomic E-state index is 10.1. The molecule has 0 fully saturated rings. The summed E-state index contributed by atoms with van der Waals surface area (Å²) < 4.78 is 0.728. The zero-order valence-electron chi connectivity index (χ0n) is 12.9. The van der Waals surface area contributed by atoms with Crippen molar-refractivity contribution in [3.63, 3.8) is 0 Å². The van der Waals surface area contributed by atoms with Gasteiger partial charge >= 0.3 is 0 Å². The van der Waals surface area contributed by atoms with Crippen LogP contribution in [0.4, 0.5) is 0 Å². The summed E-state index contributed by atoms with van der Waals surface area (Å²) >= 11 is 0. The molecule has 0 spiro atoms. The molecule has 19 heavy (non-hydrogen) atoms. The smallest absolute Gasteiger partial charge is 0.189 e. The molecule has 0 aromatic carbocycles. The Morgan fingerprint density at radius 2 is 2.05 bits per heavy atom. The van der Waals surface area contributed by atoms with Crippen LogP contribution in [0, 0.1) is 0 Å². The lowest BCUT2D eigenvalue weighted by Crippen LogP contribution is -2.57. The number of aliphatic imine (C=N–C) groups is 1. The van der Waals surface area contributed by atoms with Crippen molar-refractivity contribution in [3.05, 3.63) is 12.2 Å². The first kappa shape index (κ1) is 16.4. The molecular formula is C16H31N2O+. The normalized spacial score (nSPS) is 28.3. The van der Waals surface area contributed by atoms with Gasteiger partial charge in [0.2, 0.25) is 0 Å². The highest BCUT2D eigenvalue weighted by atomic mass is 16.3. The minimum absolute atomic E-state index is 0.268. The first-order chi connectivity index (χ1) is 9.17. The van der Waals surface area contributed by atoms with Gasteiger partial charge in [0, 0.05) is 13.3 Å². The molecule has 3 heteroatoms. The van der Waals surface area contributed by atoms with Crippen molar-refractivity contribution >= 4 is 6.21 Å². The molecule has 110 valence electrons. The largest absolute Gasteiger partial charge is 0.345 e. The van der Waals surface area contributed by atoms with Crippen molar-refractivity contribution in [1.29, 1.82) is 0 Å². The molecule has 3 nitrogen and oxygen atoms in total. The fourth-order valence-corrected chi connectivity index (χ4v) is 2.90. The van der Waals surface area contributed by atoms with Crippen LogP contribution in [-0.4, -0.2) is 41.3 Å². The van der Waals surface area contributed by atoms with E-state index in [1.165, 1.54) is 32.1 Å². The third kappa shape index (κ3) is 4.43. The molecule has 0 aromatic rings. The van der Waals surface area contributed by atoms with Gasteiger partial charge in [-0.05, 0) is 32.6 Å². The zero-order valence-corrected chi connectivity index (χ0v) is 12.9. The second-order valence-electron chi connectivity index (χ2n) is 5.59. The number of hydrogen-bond donors (Lipinski definition) is 1. The molecule has 1 rings (SSSR count). The van der Waals surface area contributed by atoms with E-state index in [0.29, 0.717) is 0 Å². The fraction of sp³-hybridized carbons (Fsp3) is 0.812. The molecule has 1 N–H and O–H groups in total. The quantitative estimate of drug-likeness (QED) is 0.387. The zero-order chi connectivity index (χ0) is 14.1. The van der Waals surface area contributed by atoms with Crippen LogP contribution in [0.15, 0.2) is 17.1 Å². The summed E-state index contributed by atoms with van der Waals surface area (Å²) in [6.45, 7) is 8.11. The molecule has 0 amide bonds. The van der Waals surface area contributed by atoms with Gasteiger partial charge in [-0.25, -0.2) is 4.99 Å². The molecule has 1 aliphatic rings. The third-order valence-electron chi connectivity index (χ3n) is 4.33. The van der Waals surface area contributed by atoms with E-state index in [4.69, 9.17) is 0 Å². The van der Waals surface area contributed by atoms with E-state index in [9.17, 15) is 5.11 Å². The number of unbranched alkanes of at least 4 members (excludes halogenated alkanes) is 3. The van der Waals surface area contributed by atoms with Gasteiger partial charge in [0.1, 0.15) is 6.54 Å². The Labute approximate surface area is 118 Å². The third-order valence-corrected chi connectivity index (χ3v) is 4.33. The van der Waals surface area contributed by atoms with Gasteiger partial charge in [-0.3, -0.25) is 4.48 Å². The summed E-state index contributed by atoms with van der Waals surface area (Å²) in [4.78, 5) is 4.60. The minimum atomic E-state index is -0.318. The maximum atomic E-state index is 10.1. The van der Waals surface area contributed by atoms with Crippen LogP contribution < -0.4 is 0 Å². The highest BCUT2D eigenvalue weighted by Crippen LogP contribution is 2.26. The van der Waals surface area contributed by atoms with Gasteiger partial charge in [-0.1, -0.05) is 25.5 Å². The Morgan fingerprint density at radius 3 is 2.68 bits per heavy atom. The first-order valence-corrected chi connectivity index (χ1v) is 7.88. The average Bonchev–Trinajstić information content (AvgIpc) is 2.82. The van der Waals surface area contributed by atoms with E-state index in [1.807, 2.05) is 13.1 Å². The van der Waals surface area contributed by atoms with Crippen LogP contribution in [-0.2, 0) is 0 Å². The summed E-state index contributed by atoms with van der Waals surface area (Å²) in [7, 11) is 0. The Bertz CT molecular complexity index is 299.